The van der Waals surface area contributed by atoms with Crippen molar-refractivity contribution in [3.63, 3.8) is 0 Å². The number of aromatic nitrogens is 3. The van der Waals surface area contributed by atoms with Crippen LogP contribution in [0.4, 0.5) is 20.8 Å². The van der Waals surface area contributed by atoms with Crippen molar-refractivity contribution in [2.75, 3.05) is 10.6 Å². The molecule has 1 saturated heterocycles. The second-order valence-corrected chi connectivity index (χ2v) is 9.19. The van der Waals surface area contributed by atoms with Gasteiger partial charge in [-0.05, 0) is 64.6 Å². The Kier molecular flexibility index (Phi) is 5.18. The quantitative estimate of drug-likeness (QED) is 0.231. The number of nitrogens with zero attached hydrogens (tertiary/aromatic N) is 3. The normalized spacial score (nSPS) is 16.5. The van der Waals surface area contributed by atoms with E-state index in [0.29, 0.717) is 29.6 Å². The Morgan fingerprint density at radius 1 is 1.20 bits per heavy atom. The van der Waals surface area contributed by atoms with Gasteiger partial charge in [-0.1, -0.05) is 6.07 Å². The van der Waals surface area contributed by atoms with Crippen molar-refractivity contribution < 1.29 is 14.0 Å². The van der Waals surface area contributed by atoms with Crippen molar-refractivity contribution in [3.8, 4) is 11.1 Å². The number of hydrogen-bond donors (Lipinski definition) is 4. The number of halogens is 1. The van der Waals surface area contributed by atoms with Crippen LogP contribution in [0, 0.1) is 5.82 Å². The van der Waals surface area contributed by atoms with E-state index in [1.807, 2.05) is 22.9 Å². The lowest BCUT2D eigenvalue weighted by molar-refractivity contribution is -0.115. The molecule has 11 heteroatoms. The number of anilines is 2. The number of nitrogens with one attached hydrogen (secondary N) is 4. The van der Waals surface area contributed by atoms with Crippen LogP contribution in [0.1, 0.15) is 24.0 Å². The van der Waals surface area contributed by atoms with E-state index in [1.165, 1.54) is 12.1 Å². The highest BCUT2D eigenvalue weighted by Gasteiger charge is 2.25. The third-order valence-corrected chi connectivity index (χ3v) is 6.50. The Morgan fingerprint density at radius 3 is 2.83 bits per heavy atom. The Balaban J connectivity index is 1.35. The topological polar surface area (TPSA) is 112 Å². The number of imide groups is 1. The van der Waals surface area contributed by atoms with Gasteiger partial charge in [-0.3, -0.25) is 10.1 Å². The van der Waals surface area contributed by atoms with Crippen LogP contribution in [0.3, 0.4) is 0 Å². The van der Waals surface area contributed by atoms with Crippen LogP contribution in [0.15, 0.2) is 53.0 Å². The predicted octanol–water partition coefficient (Wildman–Crippen LogP) is 3.96. The Bertz CT molecular complexity index is 1490. The largest absolute Gasteiger partial charge is 0.367 e. The number of rotatable bonds is 7. The molecule has 2 aliphatic rings. The number of benzene rings is 1. The van der Waals surface area contributed by atoms with Crippen LogP contribution in [0.25, 0.3) is 22.9 Å². The molecule has 0 unspecified atom stereocenters. The lowest BCUT2D eigenvalue weighted by Crippen LogP contribution is -2.22. The summed E-state index contributed by atoms with van der Waals surface area (Å²) in [5.74, 6) is 0.575. The first-order valence-electron chi connectivity index (χ1n) is 11.1. The molecule has 3 aromatic heterocycles. The van der Waals surface area contributed by atoms with E-state index in [1.54, 1.807) is 34.2 Å². The summed E-state index contributed by atoms with van der Waals surface area (Å²) in [5.41, 5.74) is 3.97. The molecular formula is C24H20FN7O2S. The van der Waals surface area contributed by atoms with Gasteiger partial charge in [0.25, 0.3) is 5.91 Å². The molecule has 4 heterocycles. The summed E-state index contributed by atoms with van der Waals surface area (Å²) >= 11 is 1.56. The third-order valence-electron chi connectivity index (χ3n) is 5.81. The molecule has 4 N–H and O–H groups in total. The molecule has 6 rings (SSSR count). The zero-order chi connectivity index (χ0) is 23.9. The molecule has 1 aromatic carbocycles. The van der Waals surface area contributed by atoms with Crippen molar-refractivity contribution in [2.45, 2.75) is 25.4 Å². The standard InChI is InChI=1S/C24H20FN7O2S/c25-16-2-1-13(18(8-16)14-5-6-35-12-14)10-26-20-9-21(28-17-3-4-17)32-22(30-20)15(11-27-32)7-19-23(33)31-24(34)29-19/h1-2,5-9,11-12,17,28H,3-4,10H2,(H,26,30)(H2,29,31,33,34)/b19-7+. The monoisotopic (exact) mass is 489 g/mol. The lowest BCUT2D eigenvalue weighted by atomic mass is 10.0. The van der Waals surface area contributed by atoms with Crippen LogP contribution < -0.4 is 21.3 Å². The van der Waals surface area contributed by atoms with Crippen LogP contribution in [-0.4, -0.2) is 32.6 Å². The van der Waals surface area contributed by atoms with E-state index in [2.05, 4.69) is 26.4 Å². The van der Waals surface area contributed by atoms with Gasteiger partial charge in [0.05, 0.1) is 6.20 Å². The van der Waals surface area contributed by atoms with Gasteiger partial charge >= 0.3 is 6.03 Å². The van der Waals surface area contributed by atoms with Crippen molar-refractivity contribution in [3.05, 3.63) is 69.9 Å². The van der Waals surface area contributed by atoms with Crippen LogP contribution in [-0.2, 0) is 11.3 Å². The van der Waals surface area contributed by atoms with Gasteiger partial charge in [0.1, 0.15) is 23.1 Å². The van der Waals surface area contributed by atoms with E-state index >= 15 is 0 Å². The number of hydrogen-bond acceptors (Lipinski definition) is 7. The van der Waals surface area contributed by atoms with Gasteiger partial charge < -0.3 is 16.0 Å². The summed E-state index contributed by atoms with van der Waals surface area (Å²) in [6, 6.07) is 8.42. The molecule has 3 amide bonds. The van der Waals surface area contributed by atoms with Crippen LogP contribution in [0.2, 0.25) is 0 Å². The first-order chi connectivity index (χ1) is 17.0. The zero-order valence-corrected chi connectivity index (χ0v) is 19.2. The Labute approximate surface area is 203 Å². The average molecular weight is 490 g/mol. The number of carbonyl (C=O) groups is 2. The number of fused-ring (bicyclic) bond motifs is 1. The molecule has 1 saturated carbocycles. The highest BCUT2D eigenvalue weighted by atomic mass is 32.1. The molecule has 0 spiro atoms. The van der Waals surface area contributed by atoms with E-state index in [9.17, 15) is 14.0 Å². The minimum Gasteiger partial charge on any atom is -0.367 e. The molecule has 35 heavy (non-hydrogen) atoms. The summed E-state index contributed by atoms with van der Waals surface area (Å²) in [6.45, 7) is 0.431. The second-order valence-electron chi connectivity index (χ2n) is 8.41. The highest BCUT2D eigenvalue weighted by molar-refractivity contribution is 7.08. The van der Waals surface area contributed by atoms with E-state index < -0.39 is 11.9 Å². The lowest BCUT2D eigenvalue weighted by Gasteiger charge is -2.13. The van der Waals surface area contributed by atoms with Gasteiger partial charge in [-0.2, -0.15) is 21.0 Å². The first-order valence-corrected chi connectivity index (χ1v) is 12.0. The van der Waals surface area contributed by atoms with Gasteiger partial charge in [-0.25, -0.2) is 14.2 Å². The Hall–Kier alpha value is -4.25. The third kappa shape index (κ3) is 4.33. The van der Waals surface area contributed by atoms with Crippen LogP contribution >= 0.6 is 11.3 Å². The zero-order valence-electron chi connectivity index (χ0n) is 18.3. The van der Waals surface area contributed by atoms with Crippen molar-refractivity contribution in [2.24, 2.45) is 0 Å². The molecule has 1 aliphatic carbocycles. The summed E-state index contributed by atoms with van der Waals surface area (Å²) in [7, 11) is 0. The smallest absolute Gasteiger partial charge is 0.326 e. The fraction of sp³-hybridized carbons (Fsp3) is 0.167. The molecule has 4 aromatic rings. The Morgan fingerprint density at radius 2 is 2.09 bits per heavy atom. The SMILES string of the molecule is O=C1NC(=O)/C(=C\c2cnn3c(NC4CC4)cc(NCc4ccc(F)cc4-c4ccsc4)nc23)N1. The fourth-order valence-electron chi connectivity index (χ4n) is 3.92. The summed E-state index contributed by atoms with van der Waals surface area (Å²) < 4.78 is 15.7. The highest BCUT2D eigenvalue weighted by Crippen LogP contribution is 2.30. The average Bonchev–Trinajstić information content (AvgIpc) is 3.19. The number of thiophene rings is 1. The molecule has 2 fully saturated rings. The summed E-state index contributed by atoms with van der Waals surface area (Å²) in [6.07, 6.45) is 5.31. The van der Waals surface area contributed by atoms with Crippen molar-refractivity contribution in [1.29, 1.82) is 0 Å². The maximum atomic E-state index is 14.0. The van der Waals surface area contributed by atoms with Crippen molar-refractivity contribution >= 4 is 46.6 Å². The van der Waals surface area contributed by atoms with E-state index in [-0.39, 0.29) is 11.5 Å². The molecular weight excluding hydrogens is 469 g/mol. The maximum Gasteiger partial charge on any atom is 0.326 e. The molecule has 176 valence electrons. The molecule has 0 bridgehead atoms. The van der Waals surface area contributed by atoms with Gasteiger partial charge in [0.15, 0.2) is 5.65 Å². The minimum atomic E-state index is -0.565. The summed E-state index contributed by atoms with van der Waals surface area (Å²) in [5, 5.41) is 19.9. The number of amides is 3. The predicted molar refractivity (Wildman–Crippen MR) is 131 cm³/mol. The number of urea groups is 1. The van der Waals surface area contributed by atoms with Crippen molar-refractivity contribution in [1.82, 2.24) is 25.2 Å². The maximum absolute atomic E-state index is 14.0. The minimum absolute atomic E-state index is 0.133. The van der Waals surface area contributed by atoms with E-state index in [0.717, 1.165) is 35.3 Å². The van der Waals surface area contributed by atoms with Crippen LogP contribution in [0.5, 0.6) is 0 Å². The number of carbonyl (C=O) groups excluding carboxylic acids is 2. The summed E-state index contributed by atoms with van der Waals surface area (Å²) in [4.78, 5) is 28.2. The second kappa shape index (κ2) is 8.51. The van der Waals surface area contributed by atoms with E-state index in [4.69, 9.17) is 4.98 Å². The van der Waals surface area contributed by atoms with Gasteiger partial charge in [0, 0.05) is 24.2 Å². The fourth-order valence-corrected chi connectivity index (χ4v) is 4.58. The first kappa shape index (κ1) is 21.3. The van der Waals surface area contributed by atoms with Gasteiger partial charge in [-0.15, -0.1) is 0 Å². The molecule has 9 nitrogen and oxygen atoms in total. The van der Waals surface area contributed by atoms with Gasteiger partial charge in [0.2, 0.25) is 0 Å². The molecule has 0 radical (unpaired) electrons. The molecule has 1 aliphatic heterocycles. The molecule has 0 atom stereocenters.